The Hall–Kier alpha value is -1.75. The largest absolute Gasteiger partial charge is 0.394 e. The van der Waals surface area contributed by atoms with Crippen LogP contribution >= 0.6 is 23.2 Å². The molecule has 1 saturated heterocycles. The van der Waals surface area contributed by atoms with Gasteiger partial charge in [0.25, 0.3) is 0 Å². The number of aliphatic hydroxyl groups is 1. The number of carbonyl (C=O) groups excluding carboxylic acids is 1. The van der Waals surface area contributed by atoms with E-state index in [4.69, 9.17) is 27.9 Å². The Bertz CT molecular complexity index is 1050. The lowest BCUT2D eigenvalue weighted by Gasteiger charge is -2.35. The molecule has 174 valence electrons. The molecule has 1 aliphatic rings. The van der Waals surface area contributed by atoms with Crippen LogP contribution in [0.25, 0.3) is 0 Å². The molecule has 0 spiro atoms. The number of halogens is 3. The van der Waals surface area contributed by atoms with E-state index in [-0.39, 0.29) is 23.8 Å². The van der Waals surface area contributed by atoms with Gasteiger partial charge in [-0.15, -0.1) is 0 Å². The van der Waals surface area contributed by atoms with Crippen molar-refractivity contribution < 1.29 is 27.4 Å². The minimum absolute atomic E-state index is 0.0647. The predicted molar refractivity (Wildman–Crippen MR) is 118 cm³/mol. The van der Waals surface area contributed by atoms with Crippen molar-refractivity contribution in [1.82, 2.24) is 10.0 Å². The van der Waals surface area contributed by atoms with Crippen LogP contribution in [0.2, 0.25) is 10.0 Å². The second-order valence-electron chi connectivity index (χ2n) is 7.47. The molecule has 0 radical (unpaired) electrons. The zero-order chi connectivity index (χ0) is 23.3. The summed E-state index contributed by atoms with van der Waals surface area (Å²) >= 11 is 11.8. The van der Waals surface area contributed by atoms with E-state index in [0.29, 0.717) is 22.9 Å². The van der Waals surface area contributed by atoms with Crippen molar-refractivity contribution in [1.29, 1.82) is 0 Å². The van der Waals surface area contributed by atoms with Gasteiger partial charge in [0.1, 0.15) is 5.82 Å². The second-order valence-corrected chi connectivity index (χ2v) is 10.00. The first kappa shape index (κ1) is 24.9. The summed E-state index contributed by atoms with van der Waals surface area (Å²) in [5.74, 6) is -0.790. The van der Waals surface area contributed by atoms with Crippen molar-refractivity contribution in [2.24, 2.45) is 0 Å². The van der Waals surface area contributed by atoms with Gasteiger partial charge in [-0.3, -0.25) is 4.79 Å². The van der Waals surface area contributed by atoms with Crippen molar-refractivity contribution in [3.8, 4) is 0 Å². The summed E-state index contributed by atoms with van der Waals surface area (Å²) in [6, 6.07) is 8.84. The first-order valence-electron chi connectivity index (χ1n) is 9.93. The van der Waals surface area contributed by atoms with Gasteiger partial charge in [-0.1, -0.05) is 29.3 Å². The van der Waals surface area contributed by atoms with Crippen LogP contribution < -0.4 is 10.0 Å². The molecule has 0 aromatic heterocycles. The lowest BCUT2D eigenvalue weighted by molar-refractivity contribution is -0.130. The molecular formula is C21H23Cl2FN2O5S. The van der Waals surface area contributed by atoms with Gasteiger partial charge in [-0.2, -0.15) is 0 Å². The van der Waals surface area contributed by atoms with E-state index in [1.165, 1.54) is 0 Å². The van der Waals surface area contributed by atoms with E-state index < -0.39 is 40.7 Å². The van der Waals surface area contributed by atoms with Crippen molar-refractivity contribution in [2.45, 2.75) is 49.0 Å². The Morgan fingerprint density at radius 2 is 1.84 bits per heavy atom. The zero-order valence-electron chi connectivity index (χ0n) is 16.9. The number of sulfonamides is 1. The van der Waals surface area contributed by atoms with E-state index in [2.05, 4.69) is 10.0 Å². The molecule has 3 N–H and O–H groups in total. The third kappa shape index (κ3) is 6.63. The van der Waals surface area contributed by atoms with Crippen molar-refractivity contribution in [3.63, 3.8) is 0 Å². The fraction of sp³-hybridized carbons (Fsp3) is 0.381. The summed E-state index contributed by atoms with van der Waals surface area (Å²) in [7, 11) is -3.91. The fourth-order valence-electron chi connectivity index (χ4n) is 3.43. The zero-order valence-corrected chi connectivity index (χ0v) is 19.3. The molecule has 0 bridgehead atoms. The maximum atomic E-state index is 13.1. The first-order chi connectivity index (χ1) is 15.2. The Balaban J connectivity index is 1.52. The lowest BCUT2D eigenvalue weighted by Crippen LogP contribution is -2.51. The van der Waals surface area contributed by atoms with E-state index >= 15 is 0 Å². The third-order valence-electron chi connectivity index (χ3n) is 5.11. The SMILES string of the molecule is O=C(C[C@H]1CC[C@@H](NS(=O)(=O)c2ccc(F)cc2)[C@@H](CO)O1)NCc1ccc(Cl)c(Cl)c1. The normalized spacial score (nSPS) is 21.3. The van der Waals surface area contributed by atoms with Crippen LogP contribution in [0.3, 0.4) is 0 Å². The molecule has 32 heavy (non-hydrogen) atoms. The predicted octanol–water partition coefficient (Wildman–Crippen LogP) is 3.03. The minimum Gasteiger partial charge on any atom is -0.394 e. The Morgan fingerprint density at radius 3 is 2.50 bits per heavy atom. The highest BCUT2D eigenvalue weighted by Gasteiger charge is 2.34. The number of aliphatic hydroxyl groups excluding tert-OH is 1. The van der Waals surface area contributed by atoms with Crippen LogP contribution in [0.4, 0.5) is 4.39 Å². The summed E-state index contributed by atoms with van der Waals surface area (Å²) < 4.78 is 46.4. The van der Waals surface area contributed by atoms with Crippen molar-refractivity contribution in [3.05, 3.63) is 63.9 Å². The highest BCUT2D eigenvalue weighted by Crippen LogP contribution is 2.24. The maximum Gasteiger partial charge on any atom is 0.240 e. The molecule has 0 aliphatic carbocycles. The average Bonchev–Trinajstić information content (AvgIpc) is 2.75. The van der Waals surface area contributed by atoms with Gasteiger partial charge in [0.2, 0.25) is 15.9 Å². The van der Waals surface area contributed by atoms with Crippen LogP contribution in [0.1, 0.15) is 24.8 Å². The molecular weight excluding hydrogens is 482 g/mol. The van der Waals surface area contributed by atoms with Crippen LogP contribution in [0, 0.1) is 5.82 Å². The molecule has 1 fully saturated rings. The number of benzene rings is 2. The van der Waals surface area contributed by atoms with Crippen LogP contribution in [-0.4, -0.2) is 44.3 Å². The summed E-state index contributed by atoms with van der Waals surface area (Å²) in [6.07, 6.45) is -0.418. The molecule has 0 saturated carbocycles. The summed E-state index contributed by atoms with van der Waals surface area (Å²) in [6.45, 7) is -0.149. The van der Waals surface area contributed by atoms with Gasteiger partial charge in [-0.25, -0.2) is 17.5 Å². The topological polar surface area (TPSA) is 105 Å². The van der Waals surface area contributed by atoms with Gasteiger partial charge in [-0.05, 0) is 54.8 Å². The molecule has 2 aromatic carbocycles. The van der Waals surface area contributed by atoms with Crippen LogP contribution in [0.15, 0.2) is 47.4 Å². The molecule has 3 rings (SSSR count). The average molecular weight is 505 g/mol. The lowest BCUT2D eigenvalue weighted by atomic mass is 9.98. The number of amides is 1. The molecule has 1 amide bonds. The van der Waals surface area contributed by atoms with Gasteiger partial charge in [0, 0.05) is 6.54 Å². The standard InChI is InChI=1S/C21H23Cl2FN2O5S/c22-17-7-1-13(9-18(17)23)11-25-21(28)10-15-4-8-19(20(12-27)31-15)26-32(29,30)16-5-2-14(24)3-6-16/h1-3,5-7,9,15,19-20,26-27H,4,8,10-12H2,(H,25,28)/t15-,19-,20-/m1/s1. The van der Waals surface area contributed by atoms with Gasteiger partial charge >= 0.3 is 0 Å². The monoisotopic (exact) mass is 504 g/mol. The molecule has 7 nitrogen and oxygen atoms in total. The van der Waals surface area contributed by atoms with E-state index in [1.54, 1.807) is 18.2 Å². The number of carbonyl (C=O) groups is 1. The quantitative estimate of drug-likeness (QED) is 0.512. The minimum atomic E-state index is -3.91. The molecule has 0 unspecified atom stereocenters. The number of hydrogen-bond acceptors (Lipinski definition) is 5. The summed E-state index contributed by atoms with van der Waals surface area (Å²) in [5.41, 5.74) is 0.792. The smallest absolute Gasteiger partial charge is 0.240 e. The molecule has 1 heterocycles. The highest BCUT2D eigenvalue weighted by molar-refractivity contribution is 7.89. The highest BCUT2D eigenvalue weighted by atomic mass is 35.5. The van der Waals surface area contributed by atoms with Crippen molar-refractivity contribution >= 4 is 39.1 Å². The Labute approximate surface area is 195 Å². The molecule has 2 aromatic rings. The van der Waals surface area contributed by atoms with E-state index in [0.717, 1.165) is 29.8 Å². The summed E-state index contributed by atoms with van der Waals surface area (Å²) in [4.78, 5) is 12.2. The number of rotatable bonds is 8. The number of nitrogens with one attached hydrogen (secondary N) is 2. The van der Waals surface area contributed by atoms with Gasteiger partial charge in [0.15, 0.2) is 0 Å². The van der Waals surface area contributed by atoms with Gasteiger partial charge in [0.05, 0.1) is 46.2 Å². The second kappa shape index (κ2) is 10.9. The molecule has 11 heteroatoms. The van der Waals surface area contributed by atoms with Gasteiger partial charge < -0.3 is 15.2 Å². The van der Waals surface area contributed by atoms with Crippen LogP contribution in [-0.2, 0) is 26.1 Å². The molecule has 3 atom stereocenters. The Morgan fingerprint density at radius 1 is 1.12 bits per heavy atom. The van der Waals surface area contributed by atoms with Crippen molar-refractivity contribution in [2.75, 3.05) is 6.61 Å². The number of ether oxygens (including phenoxy) is 1. The molecule has 1 aliphatic heterocycles. The van der Waals surface area contributed by atoms with Crippen LogP contribution in [0.5, 0.6) is 0 Å². The maximum absolute atomic E-state index is 13.1. The fourth-order valence-corrected chi connectivity index (χ4v) is 5.05. The Kier molecular flexibility index (Phi) is 8.49. The summed E-state index contributed by atoms with van der Waals surface area (Å²) in [5, 5.41) is 13.3. The first-order valence-corrected chi connectivity index (χ1v) is 12.2. The number of hydrogen-bond donors (Lipinski definition) is 3. The van der Waals surface area contributed by atoms with E-state index in [1.807, 2.05) is 0 Å². The third-order valence-corrected chi connectivity index (χ3v) is 7.36. The van der Waals surface area contributed by atoms with E-state index in [9.17, 15) is 22.7 Å².